The number of non-ortho nitro benzene ring substituents is 1. The smallest absolute Gasteiger partial charge is 0.409 e. The van der Waals surface area contributed by atoms with Crippen LogP contribution in [0.1, 0.15) is 18.6 Å². The molecule has 122 valence electrons. The molecule has 0 aromatic heterocycles. The summed E-state index contributed by atoms with van der Waals surface area (Å²) in [7, 11) is 0. The molecule has 0 aliphatic carbocycles. The first-order valence-electron chi connectivity index (χ1n) is 6.46. The van der Waals surface area contributed by atoms with Crippen molar-refractivity contribution in [3.05, 3.63) is 39.9 Å². The second-order valence-corrected chi connectivity index (χ2v) is 4.59. The zero-order chi connectivity index (χ0) is 17.2. The van der Waals surface area contributed by atoms with Crippen molar-refractivity contribution in [3.8, 4) is 0 Å². The molecule has 10 heteroatoms. The van der Waals surface area contributed by atoms with E-state index in [1.165, 1.54) is 19.1 Å². The van der Waals surface area contributed by atoms with Gasteiger partial charge in [0.2, 0.25) is 0 Å². The number of nitrogens with zero attached hydrogens (tertiary/aromatic N) is 1. The van der Waals surface area contributed by atoms with E-state index < -0.39 is 34.6 Å². The number of rotatable bonds is 5. The summed E-state index contributed by atoms with van der Waals surface area (Å²) in [5.41, 5.74) is -2.59. The van der Waals surface area contributed by atoms with Crippen LogP contribution in [0, 0.1) is 10.1 Å². The van der Waals surface area contributed by atoms with Crippen molar-refractivity contribution in [1.29, 1.82) is 0 Å². The van der Waals surface area contributed by atoms with Crippen LogP contribution < -0.4 is 5.32 Å². The van der Waals surface area contributed by atoms with E-state index in [9.17, 15) is 29.6 Å². The van der Waals surface area contributed by atoms with Crippen LogP contribution in [-0.4, -0.2) is 40.2 Å². The van der Waals surface area contributed by atoms with Gasteiger partial charge in [0.1, 0.15) is 0 Å². The van der Waals surface area contributed by atoms with Gasteiger partial charge < -0.3 is 14.6 Å². The number of esters is 1. The van der Waals surface area contributed by atoms with Crippen LogP contribution in [0.15, 0.2) is 24.3 Å². The number of carbonyl (C=O) groups excluding carboxylic acids is 2. The third-order valence-corrected chi connectivity index (χ3v) is 3.26. The maximum absolute atomic E-state index is 12.1. The molecular weight excluding hydrogens is 312 g/mol. The Morgan fingerprint density at radius 1 is 1.43 bits per heavy atom. The average molecular weight is 324 g/mol. The van der Waals surface area contributed by atoms with E-state index in [4.69, 9.17) is 9.47 Å². The summed E-state index contributed by atoms with van der Waals surface area (Å²) in [5, 5.41) is 22.1. The molecule has 1 heterocycles. The lowest BCUT2D eigenvalue weighted by atomic mass is 9.88. The number of alkyl carbamates (subject to hydrolysis) is 1. The van der Waals surface area contributed by atoms with Crippen LogP contribution in [0.3, 0.4) is 0 Å². The molecular formula is C13H12N2O8. The van der Waals surface area contributed by atoms with Gasteiger partial charge in [0.15, 0.2) is 6.10 Å². The normalized spacial score (nSPS) is 22.8. The predicted molar refractivity (Wildman–Crippen MR) is 72.5 cm³/mol. The molecule has 0 radical (unpaired) electrons. The van der Waals surface area contributed by atoms with Gasteiger partial charge in [-0.1, -0.05) is 0 Å². The monoisotopic (exact) mass is 324 g/mol. The zero-order valence-corrected chi connectivity index (χ0v) is 11.8. The number of nitrogens with one attached hydrogen (secondary N) is 1. The molecule has 2 rings (SSSR count). The highest BCUT2D eigenvalue weighted by molar-refractivity contribution is 6.09. The number of carboxylic acid groups (broad SMARTS) is 1. The van der Waals surface area contributed by atoms with Gasteiger partial charge in [-0.2, -0.15) is 0 Å². The second kappa shape index (κ2) is 5.91. The Morgan fingerprint density at radius 2 is 2.04 bits per heavy atom. The number of cyclic esters (lactones) is 1. The summed E-state index contributed by atoms with van der Waals surface area (Å²) in [4.78, 5) is 45.3. The molecule has 2 atom stereocenters. The summed E-state index contributed by atoms with van der Waals surface area (Å²) in [6, 6.07) is 4.64. The zero-order valence-electron chi connectivity index (χ0n) is 11.8. The molecule has 0 bridgehead atoms. The summed E-state index contributed by atoms with van der Waals surface area (Å²) >= 11 is 0. The van der Waals surface area contributed by atoms with E-state index in [1.807, 2.05) is 5.32 Å². The predicted octanol–water partition coefficient (Wildman–Crippen LogP) is 0.762. The van der Waals surface area contributed by atoms with Gasteiger partial charge in [-0.25, -0.2) is 14.4 Å². The number of benzene rings is 1. The fraction of sp³-hybridized carbons (Fsp3) is 0.308. The second-order valence-electron chi connectivity index (χ2n) is 4.59. The van der Waals surface area contributed by atoms with Crippen molar-refractivity contribution in [1.82, 2.24) is 5.32 Å². The number of aliphatic carboxylic acids is 1. The van der Waals surface area contributed by atoms with Crippen LogP contribution in [0.5, 0.6) is 0 Å². The average Bonchev–Trinajstić information content (AvgIpc) is 2.86. The third-order valence-electron chi connectivity index (χ3n) is 3.26. The van der Waals surface area contributed by atoms with Crippen molar-refractivity contribution in [2.75, 3.05) is 6.61 Å². The molecule has 1 amide bonds. The van der Waals surface area contributed by atoms with E-state index in [2.05, 4.69) is 0 Å². The van der Waals surface area contributed by atoms with Gasteiger partial charge in [-0.05, 0) is 24.6 Å². The molecule has 1 aliphatic rings. The Morgan fingerprint density at radius 3 is 2.52 bits per heavy atom. The Kier molecular flexibility index (Phi) is 4.16. The molecule has 0 spiro atoms. The lowest BCUT2D eigenvalue weighted by Gasteiger charge is -2.25. The minimum Gasteiger partial charge on any atom is -0.479 e. The number of hydrogen-bond acceptors (Lipinski definition) is 7. The number of nitro groups is 1. The molecule has 0 saturated carbocycles. The Bertz CT molecular complexity index is 671. The molecule has 1 unspecified atom stereocenters. The molecule has 23 heavy (non-hydrogen) atoms. The maximum Gasteiger partial charge on any atom is 0.409 e. The first-order valence-corrected chi connectivity index (χ1v) is 6.46. The molecule has 1 aromatic rings. The number of carbonyl (C=O) groups is 3. The number of nitro benzene ring substituents is 1. The Hall–Kier alpha value is -3.17. The molecule has 1 aliphatic heterocycles. The van der Waals surface area contributed by atoms with E-state index in [1.54, 1.807) is 0 Å². The number of hydrogen-bond donors (Lipinski definition) is 2. The SMILES string of the molecule is CCOC(=O)C1(C(=O)O)NC(=O)O[C@@H]1c1ccc([N+](=O)[O-])cc1. The Labute approximate surface area is 129 Å². The lowest BCUT2D eigenvalue weighted by Crippen LogP contribution is -2.59. The molecule has 1 aromatic carbocycles. The van der Waals surface area contributed by atoms with E-state index >= 15 is 0 Å². The lowest BCUT2D eigenvalue weighted by molar-refractivity contribution is -0.384. The quantitative estimate of drug-likeness (QED) is 0.349. The minimum atomic E-state index is -2.46. The number of ether oxygens (including phenoxy) is 2. The molecule has 1 saturated heterocycles. The van der Waals surface area contributed by atoms with Gasteiger partial charge >= 0.3 is 18.0 Å². The van der Waals surface area contributed by atoms with Crippen LogP contribution in [0.4, 0.5) is 10.5 Å². The first kappa shape index (κ1) is 16.2. The largest absolute Gasteiger partial charge is 0.479 e. The fourth-order valence-electron chi connectivity index (χ4n) is 2.20. The van der Waals surface area contributed by atoms with E-state index in [0.717, 1.165) is 12.1 Å². The molecule has 10 nitrogen and oxygen atoms in total. The van der Waals surface area contributed by atoms with Gasteiger partial charge in [0.25, 0.3) is 11.2 Å². The van der Waals surface area contributed by atoms with Crippen molar-refractivity contribution in [2.24, 2.45) is 0 Å². The number of carboxylic acids is 1. The van der Waals surface area contributed by atoms with Gasteiger partial charge in [-0.3, -0.25) is 15.4 Å². The standard InChI is InChI=1S/C13H12N2O8/c1-2-22-11(18)13(10(16)17)9(23-12(19)14-13)7-3-5-8(6-4-7)15(20)21/h3-6,9H,2H2,1H3,(H,14,19)(H,16,17)/t9-,13?/m1/s1. The summed E-state index contributed by atoms with van der Waals surface area (Å²) in [5.74, 6) is -2.85. The first-order chi connectivity index (χ1) is 10.8. The minimum absolute atomic E-state index is 0.100. The van der Waals surface area contributed by atoms with Crippen molar-refractivity contribution in [2.45, 2.75) is 18.6 Å². The summed E-state index contributed by atoms with van der Waals surface area (Å²) < 4.78 is 9.62. The van der Waals surface area contributed by atoms with Crippen molar-refractivity contribution in [3.63, 3.8) is 0 Å². The van der Waals surface area contributed by atoms with E-state index in [0.29, 0.717) is 0 Å². The van der Waals surface area contributed by atoms with Crippen molar-refractivity contribution < 1.29 is 33.9 Å². The van der Waals surface area contributed by atoms with Gasteiger partial charge in [0, 0.05) is 12.1 Å². The van der Waals surface area contributed by atoms with Crippen LogP contribution in [0.25, 0.3) is 0 Å². The topological polar surface area (TPSA) is 145 Å². The number of amides is 1. The molecule has 1 fully saturated rings. The van der Waals surface area contributed by atoms with Gasteiger partial charge in [-0.15, -0.1) is 0 Å². The maximum atomic E-state index is 12.1. The highest BCUT2D eigenvalue weighted by Gasteiger charge is 2.62. The Balaban J connectivity index is 2.48. The summed E-state index contributed by atoms with van der Waals surface area (Å²) in [6.07, 6.45) is -2.63. The highest BCUT2D eigenvalue weighted by atomic mass is 16.6. The van der Waals surface area contributed by atoms with E-state index in [-0.39, 0.29) is 17.9 Å². The fourth-order valence-corrected chi connectivity index (χ4v) is 2.20. The van der Waals surface area contributed by atoms with Crippen LogP contribution in [-0.2, 0) is 19.1 Å². The molecule has 2 N–H and O–H groups in total. The highest BCUT2D eigenvalue weighted by Crippen LogP contribution is 2.37. The van der Waals surface area contributed by atoms with Crippen LogP contribution in [0.2, 0.25) is 0 Å². The van der Waals surface area contributed by atoms with Gasteiger partial charge in [0.05, 0.1) is 11.5 Å². The van der Waals surface area contributed by atoms with Crippen molar-refractivity contribution >= 4 is 23.7 Å². The third kappa shape index (κ3) is 2.65. The summed E-state index contributed by atoms with van der Waals surface area (Å²) in [6.45, 7) is 1.38. The van der Waals surface area contributed by atoms with Crippen LogP contribution >= 0.6 is 0 Å².